The molecule has 3 aromatic carbocycles. The number of hydrogen-bond acceptors (Lipinski definition) is 8. The molecule has 44 heavy (non-hydrogen) atoms. The van der Waals surface area contributed by atoms with E-state index in [-0.39, 0.29) is 5.56 Å². The number of hydrogen-bond donors (Lipinski definition) is 1. The van der Waals surface area contributed by atoms with Crippen LogP contribution in [0.4, 0.5) is 18.9 Å². The van der Waals surface area contributed by atoms with E-state index in [2.05, 4.69) is 31.5 Å². The van der Waals surface area contributed by atoms with E-state index in [0.29, 0.717) is 35.0 Å². The molecule has 1 fully saturated rings. The second kappa shape index (κ2) is 13.4. The third kappa shape index (κ3) is 7.96. The fourth-order valence-corrected chi connectivity index (χ4v) is 6.23. The molecule has 0 amide bonds. The number of benzene rings is 3. The molecule has 0 spiro atoms. The highest BCUT2D eigenvalue weighted by Gasteiger charge is 2.30. The minimum atomic E-state index is -4.49. The fraction of sp³-hybridized carbons (Fsp3) is 0.355. The zero-order chi connectivity index (χ0) is 31.3. The van der Waals surface area contributed by atoms with Crippen LogP contribution in [0.25, 0.3) is 22.2 Å². The fourth-order valence-electron chi connectivity index (χ4n) is 5.03. The van der Waals surface area contributed by atoms with Gasteiger partial charge in [0.2, 0.25) is 10.0 Å². The van der Waals surface area contributed by atoms with Crippen LogP contribution in [-0.2, 0) is 22.0 Å². The predicted molar refractivity (Wildman–Crippen MR) is 163 cm³/mol. The molecule has 0 aliphatic carbocycles. The van der Waals surface area contributed by atoms with Gasteiger partial charge in [-0.05, 0) is 49.4 Å². The average Bonchev–Trinajstić information content (AvgIpc) is 2.99. The monoisotopic (exact) mass is 629 g/mol. The highest BCUT2D eigenvalue weighted by molar-refractivity contribution is 7.91. The molecule has 0 bridgehead atoms. The Kier molecular flexibility index (Phi) is 9.56. The Bertz CT molecular complexity index is 1680. The summed E-state index contributed by atoms with van der Waals surface area (Å²) in [4.78, 5) is 13.7. The number of fused-ring (bicyclic) bond motifs is 1. The Morgan fingerprint density at radius 3 is 2.30 bits per heavy atom. The summed E-state index contributed by atoms with van der Waals surface area (Å²) >= 11 is 0. The van der Waals surface area contributed by atoms with Crippen LogP contribution in [-0.4, -0.2) is 81.7 Å². The summed E-state index contributed by atoms with van der Waals surface area (Å²) in [6, 6.07) is 14.4. The molecule has 0 unspecified atom stereocenters. The quantitative estimate of drug-likeness (QED) is 0.224. The van der Waals surface area contributed by atoms with Gasteiger partial charge in [0.05, 0.1) is 36.2 Å². The van der Waals surface area contributed by atoms with Gasteiger partial charge in [-0.1, -0.05) is 24.3 Å². The molecule has 0 atom stereocenters. The van der Waals surface area contributed by atoms with E-state index in [1.165, 1.54) is 6.33 Å². The molecule has 13 heteroatoms. The number of nitrogens with zero attached hydrogens (tertiary/aromatic N) is 4. The smallest absolute Gasteiger partial charge is 0.416 e. The highest BCUT2D eigenvalue weighted by atomic mass is 32.2. The largest absolute Gasteiger partial charge is 0.493 e. The maximum Gasteiger partial charge on any atom is 0.416 e. The zero-order valence-corrected chi connectivity index (χ0v) is 25.3. The average molecular weight is 630 g/mol. The van der Waals surface area contributed by atoms with Crippen molar-refractivity contribution in [2.24, 2.45) is 0 Å². The predicted octanol–water partition coefficient (Wildman–Crippen LogP) is 5.28. The summed E-state index contributed by atoms with van der Waals surface area (Å²) in [5.74, 6) is 0.686. The molecule has 1 N–H and O–H groups in total. The first-order valence-corrected chi connectivity index (χ1v) is 15.8. The van der Waals surface area contributed by atoms with Crippen LogP contribution in [0, 0.1) is 0 Å². The summed E-state index contributed by atoms with van der Waals surface area (Å²) in [6.45, 7) is 5.78. The third-order valence-electron chi connectivity index (χ3n) is 7.46. The van der Waals surface area contributed by atoms with E-state index in [9.17, 15) is 21.6 Å². The lowest BCUT2D eigenvalue weighted by Crippen LogP contribution is -2.44. The van der Waals surface area contributed by atoms with Crippen LogP contribution >= 0.6 is 0 Å². The van der Waals surface area contributed by atoms with Gasteiger partial charge in [-0.2, -0.15) is 13.2 Å². The Labute approximate surface area is 254 Å². The maximum atomic E-state index is 12.8. The second-order valence-corrected chi connectivity index (χ2v) is 12.4. The summed E-state index contributed by atoms with van der Waals surface area (Å²) < 4.78 is 78.0. The molecule has 4 aromatic rings. The first-order valence-electron chi connectivity index (χ1n) is 14.1. The van der Waals surface area contributed by atoms with Gasteiger partial charge >= 0.3 is 6.18 Å². The van der Waals surface area contributed by atoms with Crippen molar-refractivity contribution in [1.82, 2.24) is 19.8 Å². The van der Waals surface area contributed by atoms with Gasteiger partial charge < -0.3 is 19.3 Å². The van der Waals surface area contributed by atoms with Crippen molar-refractivity contribution < 1.29 is 31.1 Å². The minimum absolute atomic E-state index is 0.238. The molecular formula is C31H34F3N5O4S. The minimum Gasteiger partial charge on any atom is -0.493 e. The van der Waals surface area contributed by atoms with E-state index in [0.717, 1.165) is 74.4 Å². The van der Waals surface area contributed by atoms with E-state index in [4.69, 9.17) is 9.47 Å². The second-order valence-electron chi connectivity index (χ2n) is 10.7. The van der Waals surface area contributed by atoms with Gasteiger partial charge in [0.25, 0.3) is 0 Å². The number of nitrogens with one attached hydrogen (secondary N) is 1. The van der Waals surface area contributed by atoms with Gasteiger partial charge in [-0.25, -0.2) is 18.4 Å². The van der Waals surface area contributed by atoms with E-state index in [1.807, 2.05) is 12.1 Å². The molecule has 9 nitrogen and oxygen atoms in total. The van der Waals surface area contributed by atoms with Crippen LogP contribution in [0.5, 0.6) is 11.5 Å². The molecule has 234 valence electrons. The molecule has 1 saturated heterocycles. The van der Waals surface area contributed by atoms with Gasteiger partial charge in [0, 0.05) is 55.4 Å². The first-order chi connectivity index (χ1) is 21.0. The van der Waals surface area contributed by atoms with E-state index >= 15 is 0 Å². The molecule has 2 heterocycles. The number of sulfonamides is 1. The number of halogens is 3. The summed E-state index contributed by atoms with van der Waals surface area (Å²) in [7, 11) is -0.157. The first kappa shape index (κ1) is 31.5. The van der Waals surface area contributed by atoms with Crippen molar-refractivity contribution in [3.63, 3.8) is 0 Å². The van der Waals surface area contributed by atoms with Crippen molar-refractivity contribution in [3.8, 4) is 22.8 Å². The van der Waals surface area contributed by atoms with Crippen LogP contribution in [0.15, 0.2) is 67.0 Å². The topological polar surface area (TPSA) is 96.9 Å². The van der Waals surface area contributed by atoms with Crippen LogP contribution in [0.1, 0.15) is 17.5 Å². The molecule has 1 aromatic heterocycles. The Morgan fingerprint density at radius 2 is 1.64 bits per heavy atom. The van der Waals surface area contributed by atoms with E-state index in [1.54, 1.807) is 31.4 Å². The molecule has 1 aliphatic heterocycles. The maximum absolute atomic E-state index is 12.8. The van der Waals surface area contributed by atoms with Gasteiger partial charge in [0.1, 0.15) is 6.33 Å². The number of alkyl halides is 3. The Morgan fingerprint density at radius 1 is 0.932 bits per heavy atom. The summed E-state index contributed by atoms with van der Waals surface area (Å²) in [5, 5.41) is 0.741. The number of ether oxygens (including phenoxy) is 2. The van der Waals surface area contributed by atoms with Gasteiger partial charge in [-0.15, -0.1) is 0 Å². The summed E-state index contributed by atoms with van der Waals surface area (Å²) in [6.07, 6.45) is -2.14. The van der Waals surface area contributed by atoms with Gasteiger partial charge in [0.15, 0.2) is 11.5 Å². The van der Waals surface area contributed by atoms with Crippen molar-refractivity contribution >= 4 is 26.6 Å². The van der Waals surface area contributed by atoms with Gasteiger partial charge in [-0.3, -0.25) is 4.72 Å². The number of rotatable bonds is 11. The van der Waals surface area contributed by atoms with Crippen molar-refractivity contribution in [1.29, 1.82) is 0 Å². The number of anilines is 1. The zero-order valence-electron chi connectivity index (χ0n) is 24.5. The Balaban J connectivity index is 1.25. The van der Waals surface area contributed by atoms with Crippen LogP contribution < -0.4 is 14.2 Å². The van der Waals surface area contributed by atoms with Crippen LogP contribution in [0.3, 0.4) is 0 Å². The lowest BCUT2D eigenvalue weighted by Gasteiger charge is -2.32. The van der Waals surface area contributed by atoms with Crippen molar-refractivity contribution in [2.75, 3.05) is 58.2 Å². The Hall–Kier alpha value is -3.94. The molecule has 1 aliphatic rings. The lowest BCUT2D eigenvalue weighted by molar-refractivity contribution is -0.137. The molecule has 0 saturated carbocycles. The number of likely N-dealkylation sites (N-methyl/N-ethyl adjacent to an activating group) is 1. The number of methoxy groups -OCH3 is 1. The standard InChI is InChI=1S/C31H34F3N5O4S/c1-38-13-15-39(16-14-38)12-3-17-43-29-19-27-26(18-28(29)42-2)30(36-21-35-27)23-6-10-25(11-7-23)37-44(40,41)20-22-4-8-24(9-5-22)31(32,33)34/h4-11,18-19,21,37H,3,12-17,20H2,1-2H3. The SMILES string of the molecule is COc1cc2c(-c3ccc(NS(=O)(=O)Cc4ccc(C(F)(F)F)cc4)cc3)ncnc2cc1OCCCN1CCN(C)CC1. The van der Waals surface area contributed by atoms with Crippen molar-refractivity contribution in [3.05, 3.63) is 78.1 Å². The van der Waals surface area contributed by atoms with Crippen LogP contribution in [0.2, 0.25) is 0 Å². The molecular weight excluding hydrogens is 595 g/mol. The highest BCUT2D eigenvalue weighted by Crippen LogP contribution is 2.36. The summed E-state index contributed by atoms with van der Waals surface area (Å²) in [5.41, 5.74) is 1.74. The van der Waals surface area contributed by atoms with E-state index < -0.39 is 27.5 Å². The molecule has 0 radical (unpaired) electrons. The third-order valence-corrected chi connectivity index (χ3v) is 8.72. The molecule has 5 rings (SSSR count). The lowest BCUT2D eigenvalue weighted by atomic mass is 10.1. The number of piperazine rings is 1. The normalized spacial score (nSPS) is 14.9. The van der Waals surface area contributed by atoms with Crippen molar-refractivity contribution in [2.45, 2.75) is 18.3 Å². The number of aromatic nitrogens is 2.